The number of hydrogen-bond acceptors (Lipinski definition) is 5. The molecule has 156 valence electrons. The largest absolute Gasteiger partial charge is 0.497 e. The molecule has 30 heavy (non-hydrogen) atoms. The maximum atomic E-state index is 13.6. The second-order valence-corrected chi connectivity index (χ2v) is 9.40. The number of carbonyl (C=O) groups is 3. The Kier molecular flexibility index (Phi) is 4.65. The number of carbonyl (C=O) groups excluding carboxylic acids is 3. The molecule has 6 nitrogen and oxygen atoms in total. The van der Waals surface area contributed by atoms with Gasteiger partial charge in [-0.25, -0.2) is 0 Å². The molecule has 2 aromatic rings. The number of fused-ring (bicyclic) bond motifs is 1. The van der Waals surface area contributed by atoms with Crippen LogP contribution in [0, 0.1) is 0 Å². The molecule has 0 spiro atoms. The molecule has 3 aliphatic rings. The van der Waals surface area contributed by atoms with E-state index in [0.29, 0.717) is 24.4 Å². The molecule has 0 N–H and O–H groups in total. The van der Waals surface area contributed by atoms with Crippen molar-refractivity contribution < 1.29 is 19.1 Å². The Balaban J connectivity index is 1.46. The minimum Gasteiger partial charge on any atom is -0.497 e. The average molecular weight is 425 g/mol. The summed E-state index contributed by atoms with van der Waals surface area (Å²) in [6.45, 7) is 1.23. The molecular formula is C23H24N2O4S. The standard InChI is InChI=1S/C23H24N2O4S/c1-29-18-6-2-16(3-7-18)23(13-21(27)25(22(23)28)17-4-5-17)12-20(26)24-10-8-19-15(14-24)9-11-30-19/h2-3,6-7,9,11,17H,4-5,8,10,12-14H2,1H3. The first-order valence-corrected chi connectivity index (χ1v) is 11.2. The summed E-state index contributed by atoms with van der Waals surface area (Å²) in [4.78, 5) is 44.3. The van der Waals surface area contributed by atoms with Crippen LogP contribution in [0.3, 0.4) is 0 Å². The smallest absolute Gasteiger partial charge is 0.241 e. The number of imide groups is 1. The maximum absolute atomic E-state index is 13.6. The number of amides is 3. The summed E-state index contributed by atoms with van der Waals surface area (Å²) in [6, 6.07) is 9.29. The highest BCUT2D eigenvalue weighted by atomic mass is 32.1. The van der Waals surface area contributed by atoms with Crippen molar-refractivity contribution in [1.82, 2.24) is 9.80 Å². The van der Waals surface area contributed by atoms with Crippen molar-refractivity contribution in [3.05, 3.63) is 51.7 Å². The van der Waals surface area contributed by atoms with Crippen LogP contribution in [-0.2, 0) is 32.8 Å². The highest BCUT2D eigenvalue weighted by Gasteiger charge is 2.57. The van der Waals surface area contributed by atoms with Gasteiger partial charge >= 0.3 is 0 Å². The van der Waals surface area contributed by atoms with E-state index in [1.807, 2.05) is 17.0 Å². The van der Waals surface area contributed by atoms with Crippen LogP contribution in [-0.4, -0.2) is 47.2 Å². The summed E-state index contributed by atoms with van der Waals surface area (Å²) < 4.78 is 5.25. The van der Waals surface area contributed by atoms with Gasteiger partial charge in [0.25, 0.3) is 0 Å². The van der Waals surface area contributed by atoms with Gasteiger partial charge in [0.15, 0.2) is 0 Å². The molecule has 1 atom stereocenters. The summed E-state index contributed by atoms with van der Waals surface area (Å²) in [5.41, 5.74) is 0.774. The Bertz CT molecular complexity index is 1010. The zero-order valence-electron chi connectivity index (χ0n) is 16.9. The number of nitrogens with zero attached hydrogens (tertiary/aromatic N) is 2. The van der Waals surface area contributed by atoms with Gasteiger partial charge in [-0.05, 0) is 54.0 Å². The fourth-order valence-electron chi connectivity index (χ4n) is 4.67. The van der Waals surface area contributed by atoms with Crippen molar-refractivity contribution in [1.29, 1.82) is 0 Å². The normalized spacial score (nSPS) is 23.6. The summed E-state index contributed by atoms with van der Waals surface area (Å²) in [7, 11) is 1.59. The molecule has 5 rings (SSSR count). The topological polar surface area (TPSA) is 66.9 Å². The van der Waals surface area contributed by atoms with Gasteiger partial charge in [0.2, 0.25) is 17.7 Å². The number of rotatable bonds is 5. The van der Waals surface area contributed by atoms with Crippen LogP contribution in [0.5, 0.6) is 5.75 Å². The monoisotopic (exact) mass is 424 g/mol. The van der Waals surface area contributed by atoms with Gasteiger partial charge in [0.1, 0.15) is 5.75 Å². The van der Waals surface area contributed by atoms with E-state index < -0.39 is 5.41 Å². The molecule has 1 saturated heterocycles. The van der Waals surface area contributed by atoms with Gasteiger partial charge in [0.05, 0.1) is 12.5 Å². The number of ether oxygens (including phenoxy) is 1. The van der Waals surface area contributed by atoms with Gasteiger partial charge < -0.3 is 9.64 Å². The zero-order valence-corrected chi connectivity index (χ0v) is 17.7. The van der Waals surface area contributed by atoms with E-state index in [-0.39, 0.29) is 36.6 Å². The van der Waals surface area contributed by atoms with Crippen LogP contribution in [0.25, 0.3) is 0 Å². The summed E-state index contributed by atoms with van der Waals surface area (Å²) in [6.07, 6.45) is 2.63. The number of hydrogen-bond donors (Lipinski definition) is 0. The van der Waals surface area contributed by atoms with Gasteiger partial charge in [-0.2, -0.15) is 0 Å². The molecule has 2 fully saturated rings. The zero-order chi connectivity index (χ0) is 20.9. The van der Waals surface area contributed by atoms with Crippen LogP contribution in [0.1, 0.15) is 41.7 Å². The Morgan fingerprint density at radius 3 is 2.67 bits per heavy atom. The minimum absolute atomic E-state index is 0.00331. The fraction of sp³-hybridized carbons (Fsp3) is 0.435. The molecule has 0 bridgehead atoms. The molecule has 2 aliphatic heterocycles. The Morgan fingerprint density at radius 1 is 1.20 bits per heavy atom. The van der Waals surface area contributed by atoms with Crippen molar-refractivity contribution in [2.24, 2.45) is 0 Å². The first kappa shape index (κ1) is 19.3. The predicted octanol–water partition coefficient (Wildman–Crippen LogP) is 2.89. The minimum atomic E-state index is -1.13. The van der Waals surface area contributed by atoms with Crippen LogP contribution >= 0.6 is 11.3 Å². The Labute approximate surface area is 179 Å². The van der Waals surface area contributed by atoms with Crippen molar-refractivity contribution in [3.8, 4) is 5.75 Å². The van der Waals surface area contributed by atoms with E-state index in [9.17, 15) is 14.4 Å². The lowest BCUT2D eigenvalue weighted by Crippen LogP contribution is -2.45. The molecule has 1 unspecified atom stereocenters. The fourth-order valence-corrected chi connectivity index (χ4v) is 5.56. The second-order valence-electron chi connectivity index (χ2n) is 8.40. The van der Waals surface area contributed by atoms with E-state index in [1.165, 1.54) is 15.3 Å². The SMILES string of the molecule is COc1ccc(C2(CC(=O)N3CCc4sccc4C3)CC(=O)N(C3CC3)C2=O)cc1. The van der Waals surface area contributed by atoms with E-state index in [4.69, 9.17) is 4.74 Å². The Hall–Kier alpha value is -2.67. The maximum Gasteiger partial charge on any atom is 0.241 e. The van der Waals surface area contributed by atoms with Crippen molar-refractivity contribution in [3.63, 3.8) is 0 Å². The lowest BCUT2D eigenvalue weighted by Gasteiger charge is -2.32. The highest BCUT2D eigenvalue weighted by molar-refractivity contribution is 7.10. The van der Waals surface area contributed by atoms with Gasteiger partial charge in [-0.3, -0.25) is 19.3 Å². The van der Waals surface area contributed by atoms with Crippen LogP contribution < -0.4 is 4.74 Å². The van der Waals surface area contributed by atoms with Gasteiger partial charge in [-0.15, -0.1) is 11.3 Å². The van der Waals surface area contributed by atoms with Gasteiger partial charge in [0, 0.05) is 36.9 Å². The molecule has 1 aliphatic carbocycles. The average Bonchev–Trinajstić information content (AvgIpc) is 3.41. The third-order valence-electron chi connectivity index (χ3n) is 6.52. The van der Waals surface area contributed by atoms with Crippen molar-refractivity contribution in [2.75, 3.05) is 13.7 Å². The molecule has 7 heteroatoms. The quantitative estimate of drug-likeness (QED) is 0.693. The van der Waals surface area contributed by atoms with Crippen LogP contribution in [0.4, 0.5) is 0 Å². The molecule has 0 radical (unpaired) electrons. The lowest BCUT2D eigenvalue weighted by atomic mass is 9.75. The predicted molar refractivity (Wildman–Crippen MR) is 112 cm³/mol. The van der Waals surface area contributed by atoms with Crippen molar-refractivity contribution in [2.45, 2.75) is 50.1 Å². The number of likely N-dealkylation sites (tertiary alicyclic amines) is 1. The van der Waals surface area contributed by atoms with Gasteiger partial charge in [-0.1, -0.05) is 12.1 Å². The third kappa shape index (κ3) is 3.12. The second kappa shape index (κ2) is 7.23. The number of benzene rings is 1. The van der Waals surface area contributed by atoms with E-state index >= 15 is 0 Å². The van der Waals surface area contributed by atoms with Crippen LogP contribution in [0.2, 0.25) is 0 Å². The third-order valence-corrected chi connectivity index (χ3v) is 7.54. The van der Waals surface area contributed by atoms with Crippen molar-refractivity contribution >= 4 is 29.1 Å². The number of methoxy groups -OCH3 is 1. The summed E-state index contributed by atoms with van der Waals surface area (Å²) in [5, 5.41) is 2.06. The molecule has 1 saturated carbocycles. The lowest BCUT2D eigenvalue weighted by molar-refractivity contribution is -0.143. The Morgan fingerprint density at radius 2 is 1.97 bits per heavy atom. The number of thiophene rings is 1. The molecular weight excluding hydrogens is 400 g/mol. The van der Waals surface area contributed by atoms with E-state index in [1.54, 1.807) is 30.6 Å². The van der Waals surface area contributed by atoms with E-state index in [2.05, 4.69) is 11.4 Å². The molecule has 1 aromatic heterocycles. The first-order chi connectivity index (χ1) is 14.5. The summed E-state index contributed by atoms with van der Waals surface area (Å²) >= 11 is 1.73. The molecule has 1 aromatic carbocycles. The molecule has 3 amide bonds. The first-order valence-electron chi connectivity index (χ1n) is 10.4. The molecule has 3 heterocycles. The highest BCUT2D eigenvalue weighted by Crippen LogP contribution is 2.45. The summed E-state index contributed by atoms with van der Waals surface area (Å²) in [5.74, 6) is 0.227. The van der Waals surface area contributed by atoms with Crippen LogP contribution in [0.15, 0.2) is 35.7 Å². The van der Waals surface area contributed by atoms with E-state index in [0.717, 1.165) is 19.3 Å².